The molecular weight excluding hydrogens is 268 g/mol. The Hall–Kier alpha value is -1.70. The van der Waals surface area contributed by atoms with Gasteiger partial charge in [0.1, 0.15) is 0 Å². The highest BCUT2D eigenvalue weighted by atomic mass is 17.2. The molecule has 0 aromatic heterocycles. The van der Waals surface area contributed by atoms with Gasteiger partial charge in [-0.1, -0.05) is 19.9 Å². The van der Waals surface area contributed by atoms with E-state index in [1.165, 1.54) is 0 Å². The minimum absolute atomic E-state index is 0.0868. The third-order valence-electron chi connectivity index (χ3n) is 2.56. The van der Waals surface area contributed by atoms with Crippen molar-refractivity contribution in [3.8, 4) is 0 Å². The lowest BCUT2D eigenvalue weighted by Crippen LogP contribution is -2.25. The quantitative estimate of drug-likeness (QED) is 0.324. The van der Waals surface area contributed by atoms with Crippen molar-refractivity contribution in [2.75, 3.05) is 19.8 Å². The van der Waals surface area contributed by atoms with Crippen LogP contribution in [0.1, 0.15) is 19.8 Å². The number of aliphatic hydroxyl groups excluding tert-OH is 3. The normalized spacial score (nSPS) is 11.8. The summed E-state index contributed by atoms with van der Waals surface area (Å²) in [4.78, 5) is 31.2. The van der Waals surface area contributed by atoms with Gasteiger partial charge in [0.2, 0.25) is 0 Å². The number of carbonyl (C=O) groups is 2. The average Bonchev–Trinajstić information content (AvgIpc) is 2.47. The summed E-state index contributed by atoms with van der Waals surface area (Å²) in [6, 6.07) is 0. The van der Waals surface area contributed by atoms with Crippen molar-refractivity contribution in [1.82, 2.24) is 0 Å². The fourth-order valence-corrected chi connectivity index (χ4v) is 1.60. The van der Waals surface area contributed by atoms with E-state index in [4.69, 9.17) is 0 Å². The molecule has 0 fully saturated rings. The van der Waals surface area contributed by atoms with Gasteiger partial charge in [0, 0.05) is 12.0 Å². The van der Waals surface area contributed by atoms with Crippen LogP contribution in [0.25, 0.3) is 0 Å². The number of hydrogen-bond acceptors (Lipinski definition) is 7. The van der Waals surface area contributed by atoms with Crippen molar-refractivity contribution in [2.24, 2.45) is 5.92 Å². The summed E-state index contributed by atoms with van der Waals surface area (Å²) in [7, 11) is 0. The zero-order valence-electron chi connectivity index (χ0n) is 11.4. The van der Waals surface area contributed by atoms with Gasteiger partial charge in [-0.25, -0.2) is 19.4 Å². The molecule has 0 atom stereocenters. The molecule has 0 aliphatic heterocycles. The van der Waals surface area contributed by atoms with Gasteiger partial charge in [0.25, 0.3) is 0 Å². The first kappa shape index (κ1) is 18.3. The molecule has 0 amide bonds. The summed E-state index contributed by atoms with van der Waals surface area (Å²) in [6.45, 7) is 3.52. The molecule has 3 N–H and O–H groups in total. The Bertz CT molecular complexity index is 369. The molecule has 0 spiro atoms. The molecule has 0 aliphatic carbocycles. The first-order valence-electron chi connectivity index (χ1n) is 6.15. The zero-order valence-corrected chi connectivity index (χ0v) is 11.4. The van der Waals surface area contributed by atoms with Crippen molar-refractivity contribution in [3.63, 3.8) is 0 Å². The molecule has 114 valence electrons. The van der Waals surface area contributed by atoms with Crippen molar-refractivity contribution >= 4 is 11.9 Å². The SMILES string of the molecule is C=CC(=O)OOC(=O)/C(=C(\CO)CCC)C(CO)CO. The highest BCUT2D eigenvalue weighted by Crippen LogP contribution is 2.21. The van der Waals surface area contributed by atoms with E-state index in [1.54, 1.807) is 0 Å². The summed E-state index contributed by atoms with van der Waals surface area (Å²) in [5, 5.41) is 27.6. The maximum Gasteiger partial charge on any atom is 0.382 e. The van der Waals surface area contributed by atoms with Crippen LogP contribution in [0, 0.1) is 5.92 Å². The van der Waals surface area contributed by atoms with Gasteiger partial charge < -0.3 is 15.3 Å². The van der Waals surface area contributed by atoms with Crippen LogP contribution in [-0.2, 0) is 19.4 Å². The lowest BCUT2D eigenvalue weighted by atomic mass is 9.93. The smallest absolute Gasteiger partial charge is 0.382 e. The predicted octanol–water partition coefficient (Wildman–Crippen LogP) is -0.136. The number of hydrogen-bond donors (Lipinski definition) is 3. The predicted molar refractivity (Wildman–Crippen MR) is 69.1 cm³/mol. The van der Waals surface area contributed by atoms with E-state index in [-0.39, 0.29) is 5.57 Å². The molecule has 0 aromatic rings. The van der Waals surface area contributed by atoms with E-state index in [1.807, 2.05) is 6.92 Å². The minimum atomic E-state index is -1.04. The van der Waals surface area contributed by atoms with Crippen LogP contribution >= 0.6 is 0 Å². The molecule has 0 aromatic carbocycles. The second-order valence-corrected chi connectivity index (χ2v) is 3.96. The number of aliphatic hydroxyl groups is 3. The van der Waals surface area contributed by atoms with E-state index in [0.717, 1.165) is 6.08 Å². The van der Waals surface area contributed by atoms with E-state index < -0.39 is 37.7 Å². The molecule has 0 unspecified atom stereocenters. The molecular formula is C13H20O7. The average molecular weight is 288 g/mol. The Kier molecular flexibility index (Phi) is 9.27. The third-order valence-corrected chi connectivity index (χ3v) is 2.56. The summed E-state index contributed by atoms with van der Waals surface area (Å²) >= 11 is 0. The molecule has 0 heterocycles. The molecule has 0 rings (SSSR count). The van der Waals surface area contributed by atoms with Crippen LogP contribution in [0.15, 0.2) is 23.8 Å². The third kappa shape index (κ3) is 5.52. The van der Waals surface area contributed by atoms with Gasteiger partial charge in [-0.15, -0.1) is 0 Å². The second-order valence-electron chi connectivity index (χ2n) is 3.96. The summed E-state index contributed by atoms with van der Waals surface area (Å²) in [5.74, 6) is -2.91. The summed E-state index contributed by atoms with van der Waals surface area (Å²) in [6.07, 6.45) is 1.83. The fourth-order valence-electron chi connectivity index (χ4n) is 1.60. The van der Waals surface area contributed by atoms with Gasteiger partial charge in [-0.2, -0.15) is 0 Å². The van der Waals surface area contributed by atoms with Gasteiger partial charge in [-0.3, -0.25) is 0 Å². The van der Waals surface area contributed by atoms with Crippen LogP contribution in [0.2, 0.25) is 0 Å². The van der Waals surface area contributed by atoms with Crippen molar-refractivity contribution in [2.45, 2.75) is 19.8 Å². The van der Waals surface area contributed by atoms with Crippen LogP contribution < -0.4 is 0 Å². The first-order valence-corrected chi connectivity index (χ1v) is 6.15. The van der Waals surface area contributed by atoms with Gasteiger partial charge in [-0.05, 0) is 12.0 Å². The minimum Gasteiger partial charge on any atom is -0.396 e. The molecule has 0 saturated heterocycles. The fraction of sp³-hybridized carbons (Fsp3) is 0.538. The van der Waals surface area contributed by atoms with Gasteiger partial charge in [0.05, 0.1) is 25.4 Å². The lowest BCUT2D eigenvalue weighted by molar-refractivity contribution is -0.252. The Labute approximate surface area is 117 Å². The summed E-state index contributed by atoms with van der Waals surface area (Å²) in [5.41, 5.74) is 0.233. The van der Waals surface area contributed by atoms with Crippen molar-refractivity contribution in [1.29, 1.82) is 0 Å². The summed E-state index contributed by atoms with van der Waals surface area (Å²) < 4.78 is 0. The monoisotopic (exact) mass is 288 g/mol. The molecule has 0 radical (unpaired) electrons. The topological polar surface area (TPSA) is 113 Å². The van der Waals surface area contributed by atoms with Crippen LogP contribution in [0.5, 0.6) is 0 Å². The van der Waals surface area contributed by atoms with E-state index in [0.29, 0.717) is 18.4 Å². The highest BCUT2D eigenvalue weighted by Gasteiger charge is 2.26. The highest BCUT2D eigenvalue weighted by molar-refractivity contribution is 5.90. The van der Waals surface area contributed by atoms with Crippen molar-refractivity contribution < 1.29 is 34.7 Å². The molecule has 7 heteroatoms. The standard InChI is InChI=1S/C13H20O7/c1-3-5-9(6-14)12(10(7-15)8-16)13(18)20-19-11(17)4-2/h4,10,14-16H,2-3,5-8H2,1H3/b12-9-. The van der Waals surface area contributed by atoms with Crippen LogP contribution in [0.4, 0.5) is 0 Å². The molecule has 20 heavy (non-hydrogen) atoms. The van der Waals surface area contributed by atoms with E-state index in [9.17, 15) is 24.9 Å². The Morgan fingerprint density at radius 1 is 1.20 bits per heavy atom. The van der Waals surface area contributed by atoms with Gasteiger partial charge in [0.15, 0.2) is 0 Å². The van der Waals surface area contributed by atoms with Gasteiger partial charge >= 0.3 is 11.9 Å². The zero-order chi connectivity index (χ0) is 15.5. The van der Waals surface area contributed by atoms with Crippen LogP contribution in [0.3, 0.4) is 0 Å². The second kappa shape index (κ2) is 10.1. The van der Waals surface area contributed by atoms with Crippen LogP contribution in [-0.4, -0.2) is 47.1 Å². The van der Waals surface area contributed by atoms with E-state index in [2.05, 4.69) is 16.4 Å². The molecule has 7 nitrogen and oxygen atoms in total. The van der Waals surface area contributed by atoms with Crippen molar-refractivity contribution in [3.05, 3.63) is 23.8 Å². The molecule has 0 aliphatic rings. The number of rotatable bonds is 8. The Morgan fingerprint density at radius 3 is 2.20 bits per heavy atom. The molecule has 0 bridgehead atoms. The first-order chi connectivity index (χ1) is 9.55. The number of carbonyl (C=O) groups excluding carboxylic acids is 2. The maximum absolute atomic E-state index is 11.9. The maximum atomic E-state index is 11.9. The van der Waals surface area contributed by atoms with E-state index >= 15 is 0 Å². The Balaban J connectivity index is 5.24. The largest absolute Gasteiger partial charge is 0.396 e. The lowest BCUT2D eigenvalue weighted by Gasteiger charge is -2.17. The molecule has 0 saturated carbocycles. The Morgan fingerprint density at radius 2 is 1.80 bits per heavy atom.